The third kappa shape index (κ3) is 5.57. The second-order valence-electron chi connectivity index (χ2n) is 9.42. The largest absolute Gasteiger partial charge is 0.389 e. The predicted molar refractivity (Wildman–Crippen MR) is 128 cm³/mol. The van der Waals surface area contributed by atoms with E-state index in [4.69, 9.17) is 5.73 Å². The molecule has 5 N–H and O–H groups in total. The lowest BCUT2D eigenvalue weighted by Gasteiger charge is -2.26. The summed E-state index contributed by atoms with van der Waals surface area (Å²) in [5.41, 5.74) is 9.16. The fourth-order valence-electron chi connectivity index (χ4n) is 4.02. The summed E-state index contributed by atoms with van der Waals surface area (Å²) < 4.78 is 15.4. The van der Waals surface area contributed by atoms with Crippen LogP contribution in [0.5, 0.6) is 0 Å². The molecule has 3 heterocycles. The highest BCUT2D eigenvalue weighted by atomic mass is 19.1. The van der Waals surface area contributed by atoms with Gasteiger partial charge in [-0.2, -0.15) is 5.10 Å². The summed E-state index contributed by atoms with van der Waals surface area (Å²) in [6.07, 6.45) is 4.39. The molecule has 34 heavy (non-hydrogen) atoms. The highest BCUT2D eigenvalue weighted by Gasteiger charge is 2.25. The molecule has 1 aliphatic rings. The van der Waals surface area contributed by atoms with Gasteiger partial charge in [-0.1, -0.05) is 12.1 Å². The number of alkyl halides is 1. The number of halogens is 1. The van der Waals surface area contributed by atoms with Crippen molar-refractivity contribution in [2.45, 2.75) is 51.6 Å². The van der Waals surface area contributed by atoms with Crippen LogP contribution in [-0.2, 0) is 6.54 Å². The summed E-state index contributed by atoms with van der Waals surface area (Å²) in [5.74, 6) is -0.460. The van der Waals surface area contributed by atoms with E-state index in [9.17, 15) is 14.3 Å². The first kappa shape index (κ1) is 23.8. The lowest BCUT2D eigenvalue weighted by Crippen LogP contribution is -2.49. The number of hydrogen-bond acceptors (Lipinski definition) is 7. The molecule has 1 amide bonds. The van der Waals surface area contributed by atoms with Crippen LogP contribution in [0.3, 0.4) is 0 Å². The van der Waals surface area contributed by atoms with E-state index in [1.807, 2.05) is 31.3 Å². The molecule has 0 aliphatic carbocycles. The topological polar surface area (TPSA) is 131 Å². The third-order valence-electron chi connectivity index (χ3n) is 5.68. The number of aliphatic hydroxyl groups is 1. The van der Waals surface area contributed by atoms with E-state index >= 15 is 0 Å². The Morgan fingerprint density at radius 3 is 2.85 bits per heavy atom. The van der Waals surface area contributed by atoms with Crippen molar-refractivity contribution >= 4 is 11.7 Å². The van der Waals surface area contributed by atoms with Crippen molar-refractivity contribution in [3.05, 3.63) is 48.0 Å². The second-order valence-corrected chi connectivity index (χ2v) is 9.42. The molecule has 0 saturated carbocycles. The summed E-state index contributed by atoms with van der Waals surface area (Å²) in [6, 6.07) is 5.56. The molecular weight excluding hydrogens is 437 g/mol. The average molecular weight is 468 g/mol. The molecule has 4 rings (SSSR count). The van der Waals surface area contributed by atoms with Crippen molar-refractivity contribution in [1.29, 1.82) is 0 Å². The van der Waals surface area contributed by atoms with Crippen LogP contribution >= 0.6 is 0 Å². The molecule has 0 radical (unpaired) electrons. The Bertz CT molecular complexity index is 1190. The Balaban J connectivity index is 1.60. The second kappa shape index (κ2) is 9.47. The molecule has 2 aromatic heterocycles. The number of carbonyl (C=O) groups excluding carboxylic acids is 1. The van der Waals surface area contributed by atoms with E-state index < -0.39 is 17.7 Å². The number of anilines is 1. The minimum Gasteiger partial charge on any atom is -0.389 e. The Morgan fingerprint density at radius 2 is 2.12 bits per heavy atom. The Hall–Kier alpha value is -3.37. The lowest BCUT2D eigenvalue weighted by molar-refractivity contribution is 0.0577. The first-order valence-corrected chi connectivity index (χ1v) is 11.2. The molecule has 1 fully saturated rings. The zero-order valence-electron chi connectivity index (χ0n) is 19.5. The van der Waals surface area contributed by atoms with Crippen LogP contribution in [0, 0.1) is 6.92 Å². The highest BCUT2D eigenvalue weighted by Crippen LogP contribution is 2.29. The van der Waals surface area contributed by atoms with Crippen molar-refractivity contribution in [2.24, 2.45) is 0 Å². The maximum atomic E-state index is 13.7. The van der Waals surface area contributed by atoms with Gasteiger partial charge in [-0.15, -0.1) is 0 Å². The number of nitrogens with zero attached hydrogens (tertiary/aromatic N) is 4. The van der Waals surface area contributed by atoms with Gasteiger partial charge in [-0.25, -0.2) is 14.4 Å². The maximum Gasteiger partial charge on any atom is 0.274 e. The first-order valence-electron chi connectivity index (χ1n) is 11.2. The van der Waals surface area contributed by atoms with E-state index in [1.54, 1.807) is 24.7 Å². The van der Waals surface area contributed by atoms with Gasteiger partial charge in [0, 0.05) is 42.9 Å². The van der Waals surface area contributed by atoms with Gasteiger partial charge in [0.15, 0.2) is 11.5 Å². The number of nitrogen functional groups attached to an aromatic ring is 1. The van der Waals surface area contributed by atoms with Gasteiger partial charge in [-0.05, 0) is 38.0 Å². The third-order valence-corrected chi connectivity index (χ3v) is 5.68. The predicted octanol–water partition coefficient (Wildman–Crippen LogP) is 2.10. The SMILES string of the molecule is Cc1ccc(-c2cnn(CC(C)(C)O)c2)cc1-c1cnc(N)c(C(=O)NC2CNC[C@@H](F)C2)n1. The number of aromatic nitrogens is 4. The fourth-order valence-corrected chi connectivity index (χ4v) is 4.02. The number of rotatable bonds is 6. The smallest absolute Gasteiger partial charge is 0.274 e. The van der Waals surface area contributed by atoms with Crippen molar-refractivity contribution in [3.63, 3.8) is 0 Å². The number of benzene rings is 1. The molecule has 1 aliphatic heterocycles. The van der Waals surface area contributed by atoms with Crippen LogP contribution in [0.4, 0.5) is 10.2 Å². The van der Waals surface area contributed by atoms with Gasteiger partial charge >= 0.3 is 0 Å². The van der Waals surface area contributed by atoms with E-state index in [-0.39, 0.29) is 30.5 Å². The molecule has 0 spiro atoms. The van der Waals surface area contributed by atoms with E-state index in [2.05, 4.69) is 25.7 Å². The number of piperidine rings is 1. The maximum absolute atomic E-state index is 13.7. The standard InChI is InChI=1S/C24H30FN7O2/c1-14-4-5-15(16-8-29-32(12-16)13-24(2,3)34)6-19(14)20-11-28-22(26)21(31-20)23(33)30-18-7-17(25)9-27-10-18/h4-6,8,11-12,17-18,27,34H,7,9-10,13H2,1-3H3,(H2,26,28)(H,30,33)/t17-,18?/m0/s1. The van der Waals surface area contributed by atoms with Crippen LogP contribution in [0.25, 0.3) is 22.4 Å². The zero-order chi connectivity index (χ0) is 24.5. The number of hydrogen-bond donors (Lipinski definition) is 4. The molecule has 3 aromatic rings. The minimum absolute atomic E-state index is 0.0151. The molecular formula is C24H30FN7O2. The van der Waals surface area contributed by atoms with E-state index in [1.165, 1.54) is 6.20 Å². The average Bonchev–Trinajstić information content (AvgIpc) is 3.21. The van der Waals surface area contributed by atoms with Crippen LogP contribution in [0.2, 0.25) is 0 Å². The summed E-state index contributed by atoms with van der Waals surface area (Å²) in [6.45, 7) is 6.55. The summed E-state index contributed by atoms with van der Waals surface area (Å²) >= 11 is 0. The molecule has 9 nitrogen and oxygen atoms in total. The van der Waals surface area contributed by atoms with Crippen molar-refractivity contribution < 1.29 is 14.3 Å². The Kier molecular flexibility index (Phi) is 6.63. The van der Waals surface area contributed by atoms with Crippen LogP contribution < -0.4 is 16.4 Å². The molecule has 1 aromatic carbocycles. The summed E-state index contributed by atoms with van der Waals surface area (Å²) in [4.78, 5) is 21.5. The highest BCUT2D eigenvalue weighted by molar-refractivity contribution is 5.97. The minimum atomic E-state index is -1.01. The van der Waals surface area contributed by atoms with Crippen LogP contribution in [-0.4, -0.2) is 61.7 Å². The zero-order valence-corrected chi connectivity index (χ0v) is 19.5. The molecule has 0 bridgehead atoms. The van der Waals surface area contributed by atoms with Gasteiger partial charge < -0.3 is 21.5 Å². The number of aryl methyl sites for hydroxylation is 1. The molecule has 180 valence electrons. The molecule has 1 unspecified atom stereocenters. The molecule has 1 saturated heterocycles. The Labute approximate surface area is 197 Å². The van der Waals surface area contributed by atoms with Crippen molar-refractivity contribution in [1.82, 2.24) is 30.4 Å². The monoisotopic (exact) mass is 467 g/mol. The van der Waals surface area contributed by atoms with E-state index in [0.29, 0.717) is 18.8 Å². The van der Waals surface area contributed by atoms with E-state index in [0.717, 1.165) is 22.3 Å². The van der Waals surface area contributed by atoms with Crippen molar-refractivity contribution in [2.75, 3.05) is 18.8 Å². The van der Waals surface area contributed by atoms with Crippen molar-refractivity contribution in [3.8, 4) is 22.4 Å². The fraction of sp³-hybridized carbons (Fsp3) is 0.417. The summed E-state index contributed by atoms with van der Waals surface area (Å²) in [5, 5.41) is 20.2. The summed E-state index contributed by atoms with van der Waals surface area (Å²) in [7, 11) is 0. The van der Waals surface area contributed by atoms with Gasteiger partial charge in [0.1, 0.15) is 6.17 Å². The van der Waals surface area contributed by atoms with Crippen LogP contribution in [0.1, 0.15) is 36.3 Å². The number of nitrogens with two attached hydrogens (primary N) is 1. The quantitative estimate of drug-likeness (QED) is 0.437. The van der Waals surface area contributed by atoms with Gasteiger partial charge in [0.2, 0.25) is 0 Å². The van der Waals surface area contributed by atoms with Crippen LogP contribution in [0.15, 0.2) is 36.8 Å². The van der Waals surface area contributed by atoms with Gasteiger partial charge in [0.25, 0.3) is 5.91 Å². The first-order chi connectivity index (χ1) is 16.1. The number of amides is 1. The molecule has 2 atom stereocenters. The lowest BCUT2D eigenvalue weighted by atomic mass is 9.99. The van der Waals surface area contributed by atoms with Gasteiger partial charge in [-0.3, -0.25) is 9.48 Å². The Morgan fingerprint density at radius 1 is 1.32 bits per heavy atom. The van der Waals surface area contributed by atoms with Gasteiger partial charge in [0.05, 0.1) is 30.2 Å². The number of nitrogens with one attached hydrogen (secondary N) is 2. The number of carbonyl (C=O) groups is 1. The molecule has 10 heteroatoms. The normalized spacial score (nSPS) is 18.6.